The first-order valence-electron chi connectivity index (χ1n) is 7.49. The minimum absolute atomic E-state index is 0.00275. The van der Waals surface area contributed by atoms with Crippen molar-refractivity contribution in [1.82, 2.24) is 0 Å². The van der Waals surface area contributed by atoms with Crippen LogP contribution in [0.25, 0.3) is 0 Å². The lowest BCUT2D eigenvalue weighted by Gasteiger charge is -2.16. The van der Waals surface area contributed by atoms with Gasteiger partial charge in [-0.15, -0.1) is 0 Å². The number of ether oxygens (including phenoxy) is 1. The largest absolute Gasteiger partial charge is 0.392 e. The number of aliphatic hydroxyl groups excluding tert-OH is 3. The van der Waals surface area contributed by atoms with Gasteiger partial charge in [0.1, 0.15) is 0 Å². The Kier molecular flexibility index (Phi) is 5.39. The van der Waals surface area contributed by atoms with Crippen molar-refractivity contribution in [3.63, 3.8) is 0 Å². The second-order valence-corrected chi connectivity index (χ2v) is 5.86. The Morgan fingerprint density at radius 2 is 2.05 bits per heavy atom. The zero-order valence-electron chi connectivity index (χ0n) is 11.6. The molecule has 0 aromatic rings. The number of hydrogen-bond acceptors (Lipinski definition) is 4. The van der Waals surface area contributed by atoms with E-state index in [4.69, 9.17) is 4.74 Å². The maximum absolute atomic E-state index is 10.0. The maximum atomic E-state index is 10.0. The summed E-state index contributed by atoms with van der Waals surface area (Å²) in [6, 6.07) is 0. The smallest absolute Gasteiger partial charge is 0.155 e. The average molecular weight is 270 g/mol. The van der Waals surface area contributed by atoms with Gasteiger partial charge in [0.25, 0.3) is 0 Å². The number of rotatable bonds is 6. The topological polar surface area (TPSA) is 69.9 Å². The fourth-order valence-electron chi connectivity index (χ4n) is 3.29. The van der Waals surface area contributed by atoms with E-state index in [1.807, 2.05) is 6.08 Å². The first-order valence-corrected chi connectivity index (χ1v) is 7.49. The second kappa shape index (κ2) is 6.84. The van der Waals surface area contributed by atoms with Crippen LogP contribution in [-0.4, -0.2) is 39.9 Å². The molecular weight excluding hydrogens is 244 g/mol. The van der Waals surface area contributed by atoms with Crippen LogP contribution in [0.3, 0.4) is 0 Å². The second-order valence-electron chi connectivity index (χ2n) is 5.86. The van der Waals surface area contributed by atoms with Gasteiger partial charge in [-0.05, 0) is 12.3 Å². The number of aliphatic hydroxyl groups is 3. The molecule has 2 aliphatic rings. The van der Waals surface area contributed by atoms with Gasteiger partial charge in [0, 0.05) is 18.8 Å². The Hall–Kier alpha value is -0.420. The van der Waals surface area contributed by atoms with Crippen molar-refractivity contribution in [2.24, 2.45) is 11.8 Å². The molecule has 1 aliphatic carbocycles. The molecular formula is C15H26O4. The molecule has 0 spiro atoms. The third-order valence-electron chi connectivity index (χ3n) is 4.35. The first kappa shape index (κ1) is 15.0. The summed E-state index contributed by atoms with van der Waals surface area (Å²) in [4.78, 5) is 0. The Bertz CT molecular complexity index is 305. The highest BCUT2D eigenvalue weighted by Crippen LogP contribution is 2.43. The molecule has 2 rings (SSSR count). The number of hydrogen-bond donors (Lipinski definition) is 3. The number of fused-ring (bicyclic) bond motifs is 1. The quantitative estimate of drug-likeness (QED) is 0.506. The van der Waals surface area contributed by atoms with Crippen LogP contribution in [0.2, 0.25) is 0 Å². The lowest BCUT2D eigenvalue weighted by atomic mass is 9.91. The molecule has 1 heterocycles. The van der Waals surface area contributed by atoms with Crippen LogP contribution in [-0.2, 0) is 4.74 Å². The van der Waals surface area contributed by atoms with Gasteiger partial charge in [-0.2, -0.15) is 0 Å². The fraction of sp³-hybridized carbons (Fsp3) is 0.867. The van der Waals surface area contributed by atoms with Gasteiger partial charge in [0.05, 0.1) is 18.3 Å². The third kappa shape index (κ3) is 3.78. The molecule has 0 aromatic carbocycles. The SMILES string of the molecule is CCCCC[C@@H](O)/C=C/[C@H]1[C@@H]2C[C@H](O)O[C@@H]2C[C@@H]1O. The van der Waals surface area contributed by atoms with E-state index in [1.54, 1.807) is 6.08 Å². The van der Waals surface area contributed by atoms with E-state index in [9.17, 15) is 15.3 Å². The van der Waals surface area contributed by atoms with Crippen LogP contribution >= 0.6 is 0 Å². The van der Waals surface area contributed by atoms with Gasteiger partial charge in [0.2, 0.25) is 0 Å². The molecule has 0 aromatic heterocycles. The first-order chi connectivity index (χ1) is 9.11. The van der Waals surface area contributed by atoms with E-state index in [0.717, 1.165) is 25.7 Å². The minimum atomic E-state index is -0.687. The molecule has 4 heteroatoms. The van der Waals surface area contributed by atoms with Crippen molar-refractivity contribution in [3.8, 4) is 0 Å². The molecule has 0 radical (unpaired) electrons. The molecule has 3 N–H and O–H groups in total. The highest BCUT2D eigenvalue weighted by atomic mass is 16.6. The van der Waals surface area contributed by atoms with E-state index in [0.29, 0.717) is 12.8 Å². The van der Waals surface area contributed by atoms with Crippen molar-refractivity contribution in [1.29, 1.82) is 0 Å². The Balaban J connectivity index is 1.83. The molecule has 6 atom stereocenters. The monoisotopic (exact) mass is 270 g/mol. The predicted octanol–water partition coefficient (Wildman–Crippen LogP) is 1.59. The lowest BCUT2D eigenvalue weighted by molar-refractivity contribution is -0.0949. The average Bonchev–Trinajstić information content (AvgIpc) is 2.82. The van der Waals surface area contributed by atoms with E-state index in [-0.39, 0.29) is 17.9 Å². The molecule has 110 valence electrons. The van der Waals surface area contributed by atoms with Gasteiger partial charge in [-0.25, -0.2) is 0 Å². The maximum Gasteiger partial charge on any atom is 0.155 e. The van der Waals surface area contributed by atoms with E-state index >= 15 is 0 Å². The summed E-state index contributed by atoms with van der Waals surface area (Å²) in [5.74, 6) is 0.187. The van der Waals surface area contributed by atoms with Crippen LogP contribution in [0.4, 0.5) is 0 Å². The van der Waals surface area contributed by atoms with Crippen molar-refractivity contribution < 1.29 is 20.1 Å². The molecule has 0 bridgehead atoms. The minimum Gasteiger partial charge on any atom is -0.392 e. The highest BCUT2D eigenvalue weighted by Gasteiger charge is 2.47. The molecule has 0 amide bonds. The lowest BCUT2D eigenvalue weighted by Crippen LogP contribution is -2.19. The van der Waals surface area contributed by atoms with Gasteiger partial charge in [-0.3, -0.25) is 0 Å². The van der Waals surface area contributed by atoms with Gasteiger partial charge in [0.15, 0.2) is 6.29 Å². The van der Waals surface area contributed by atoms with Crippen molar-refractivity contribution in [2.75, 3.05) is 0 Å². The summed E-state index contributed by atoms with van der Waals surface area (Å²) in [5.41, 5.74) is 0. The van der Waals surface area contributed by atoms with Crippen LogP contribution in [0, 0.1) is 11.8 Å². The highest BCUT2D eigenvalue weighted by molar-refractivity contribution is 5.06. The van der Waals surface area contributed by atoms with Crippen molar-refractivity contribution in [2.45, 2.75) is 70.1 Å². The van der Waals surface area contributed by atoms with Crippen LogP contribution < -0.4 is 0 Å². The van der Waals surface area contributed by atoms with E-state index in [1.165, 1.54) is 0 Å². The summed E-state index contributed by atoms with van der Waals surface area (Å²) in [5, 5.41) is 29.4. The summed E-state index contributed by atoms with van der Waals surface area (Å²) in [6.45, 7) is 2.14. The fourth-order valence-corrected chi connectivity index (χ4v) is 3.29. The zero-order chi connectivity index (χ0) is 13.8. The van der Waals surface area contributed by atoms with Gasteiger partial charge >= 0.3 is 0 Å². The number of unbranched alkanes of at least 4 members (excludes halogenated alkanes) is 2. The third-order valence-corrected chi connectivity index (χ3v) is 4.35. The van der Waals surface area contributed by atoms with Crippen molar-refractivity contribution in [3.05, 3.63) is 12.2 Å². The molecule has 0 unspecified atom stereocenters. The summed E-state index contributed by atoms with van der Waals surface area (Å²) in [7, 11) is 0. The normalized spacial score (nSPS) is 39.9. The van der Waals surface area contributed by atoms with Crippen LogP contribution in [0.15, 0.2) is 12.2 Å². The van der Waals surface area contributed by atoms with Crippen LogP contribution in [0.5, 0.6) is 0 Å². The molecule has 19 heavy (non-hydrogen) atoms. The van der Waals surface area contributed by atoms with Gasteiger partial charge in [-0.1, -0.05) is 38.3 Å². The Morgan fingerprint density at radius 3 is 2.79 bits per heavy atom. The molecule has 4 nitrogen and oxygen atoms in total. The molecule has 1 aliphatic heterocycles. The van der Waals surface area contributed by atoms with E-state index in [2.05, 4.69) is 6.92 Å². The van der Waals surface area contributed by atoms with Crippen molar-refractivity contribution >= 4 is 0 Å². The van der Waals surface area contributed by atoms with E-state index < -0.39 is 18.5 Å². The van der Waals surface area contributed by atoms with Crippen LogP contribution in [0.1, 0.15) is 45.4 Å². The predicted molar refractivity (Wildman–Crippen MR) is 72.4 cm³/mol. The zero-order valence-corrected chi connectivity index (χ0v) is 11.6. The summed E-state index contributed by atoms with van der Waals surface area (Å²) < 4.78 is 5.37. The standard InChI is InChI=1S/C15H26O4/c1-2-3-4-5-10(16)6-7-11-12-8-15(18)19-14(12)9-13(11)17/h6-7,10-18H,2-5,8-9H2,1H3/b7-6+/t10-,11+,12+,13+,14-,15-/m1/s1. The molecule has 1 saturated heterocycles. The molecule has 2 fully saturated rings. The Morgan fingerprint density at radius 1 is 1.26 bits per heavy atom. The molecule has 1 saturated carbocycles. The summed E-state index contributed by atoms with van der Waals surface area (Å²) in [6.07, 6.45) is 7.44. The van der Waals surface area contributed by atoms with Gasteiger partial charge < -0.3 is 20.1 Å². The Labute approximate surface area is 115 Å². The summed E-state index contributed by atoms with van der Waals surface area (Å²) >= 11 is 0.